The highest BCUT2D eigenvalue weighted by molar-refractivity contribution is 14.1. The monoisotopic (exact) mass is 692 g/mol. The predicted octanol–water partition coefficient (Wildman–Crippen LogP) is 3.66. The topological polar surface area (TPSA) is 126 Å². The average molecular weight is 693 g/mol. The number of aliphatic carboxylic acids is 1. The van der Waals surface area contributed by atoms with Crippen LogP contribution in [0.2, 0.25) is 0 Å². The van der Waals surface area contributed by atoms with Gasteiger partial charge in [-0.05, 0) is 80.1 Å². The van der Waals surface area contributed by atoms with Crippen molar-refractivity contribution in [2.45, 2.75) is 39.8 Å². The Morgan fingerprint density at radius 1 is 1.22 bits per heavy atom. The molecule has 1 N–H and O–H groups in total. The second-order valence-electron chi connectivity index (χ2n) is 9.22. The summed E-state index contributed by atoms with van der Waals surface area (Å²) in [6.07, 6.45) is 1.56. The Balaban J connectivity index is 1.92. The minimum atomic E-state index is -1.11. The Morgan fingerprint density at radius 2 is 1.95 bits per heavy atom. The summed E-state index contributed by atoms with van der Waals surface area (Å²) < 4.78 is 24.8. The number of carboxylic acid groups (broad SMARTS) is 1. The summed E-state index contributed by atoms with van der Waals surface area (Å²) in [5.41, 5.74) is 1.66. The van der Waals surface area contributed by atoms with Gasteiger partial charge in [0.25, 0.3) is 5.56 Å². The Labute approximate surface area is 253 Å². The van der Waals surface area contributed by atoms with Gasteiger partial charge in [-0.15, -0.1) is 0 Å². The molecule has 0 fully saturated rings. The normalized spacial score (nSPS) is 14.9. The van der Waals surface area contributed by atoms with Crippen LogP contribution in [0.15, 0.2) is 57.5 Å². The van der Waals surface area contributed by atoms with Gasteiger partial charge < -0.3 is 24.1 Å². The molecule has 0 aliphatic carbocycles. The van der Waals surface area contributed by atoms with Gasteiger partial charge in [0.1, 0.15) is 11.8 Å². The Morgan fingerprint density at radius 3 is 2.61 bits per heavy atom. The first-order valence-electron chi connectivity index (χ1n) is 12.7. The number of fused-ring (bicyclic) bond motifs is 1. The first-order valence-corrected chi connectivity index (χ1v) is 14.6. The van der Waals surface area contributed by atoms with Crippen LogP contribution in [0.5, 0.6) is 17.2 Å². The zero-order chi connectivity index (χ0) is 29.8. The van der Waals surface area contributed by atoms with Crippen molar-refractivity contribution >= 4 is 51.9 Å². The van der Waals surface area contributed by atoms with Gasteiger partial charge in [-0.1, -0.05) is 29.5 Å². The summed E-state index contributed by atoms with van der Waals surface area (Å²) in [5.74, 6) is -0.486. The van der Waals surface area contributed by atoms with E-state index in [2.05, 4.69) is 4.99 Å². The molecule has 216 valence electrons. The number of aromatic nitrogens is 1. The van der Waals surface area contributed by atoms with Gasteiger partial charge in [-0.3, -0.25) is 9.36 Å². The Bertz CT molecular complexity index is 1710. The third-order valence-corrected chi connectivity index (χ3v) is 7.77. The fraction of sp³-hybridized carbons (Fsp3) is 0.310. The number of thiazole rings is 1. The number of hydrogen-bond donors (Lipinski definition) is 1. The molecule has 0 amide bonds. The number of esters is 1. The molecular weight excluding hydrogens is 663 g/mol. The Kier molecular flexibility index (Phi) is 9.53. The van der Waals surface area contributed by atoms with Crippen molar-refractivity contribution in [1.29, 1.82) is 0 Å². The van der Waals surface area contributed by atoms with Crippen molar-refractivity contribution in [2.24, 2.45) is 4.99 Å². The van der Waals surface area contributed by atoms with Crippen LogP contribution in [-0.2, 0) is 14.3 Å². The number of carbonyl (C=O) groups excluding carboxylic acids is 1. The van der Waals surface area contributed by atoms with E-state index in [0.717, 1.165) is 0 Å². The molecule has 1 aromatic heterocycles. The lowest BCUT2D eigenvalue weighted by atomic mass is 9.95. The van der Waals surface area contributed by atoms with Gasteiger partial charge in [0, 0.05) is 5.56 Å². The summed E-state index contributed by atoms with van der Waals surface area (Å²) in [6.45, 7) is 6.91. The van der Waals surface area contributed by atoms with Crippen molar-refractivity contribution in [3.63, 3.8) is 0 Å². The molecule has 0 radical (unpaired) electrons. The number of hydrogen-bond acceptors (Lipinski definition) is 9. The molecule has 41 heavy (non-hydrogen) atoms. The van der Waals surface area contributed by atoms with Crippen molar-refractivity contribution in [3.8, 4) is 17.2 Å². The fourth-order valence-corrected chi connectivity index (χ4v) is 6.23. The van der Waals surface area contributed by atoms with Crippen molar-refractivity contribution in [2.75, 3.05) is 20.3 Å². The second kappa shape index (κ2) is 12.9. The zero-order valence-electron chi connectivity index (χ0n) is 23.1. The molecule has 4 rings (SSSR count). The SMILES string of the molecule is CCOC(=O)C1=C(C)N=c2s/c(=C/c3cc(I)c(OCC(=O)O)c(OC)c3)c(=O)n2[C@H]1c1ccccc1OC(C)C. The number of benzene rings is 2. The molecule has 2 heterocycles. The number of halogens is 1. The summed E-state index contributed by atoms with van der Waals surface area (Å²) >= 11 is 3.22. The molecule has 10 nitrogen and oxygen atoms in total. The maximum atomic E-state index is 14.0. The molecule has 1 atom stereocenters. The minimum absolute atomic E-state index is 0.136. The molecule has 12 heteroatoms. The molecule has 0 saturated heterocycles. The number of carboxylic acids is 1. The minimum Gasteiger partial charge on any atom is -0.493 e. The molecule has 0 unspecified atom stereocenters. The lowest BCUT2D eigenvalue weighted by molar-refractivity contribution is -0.140. The third kappa shape index (κ3) is 6.48. The van der Waals surface area contributed by atoms with Crippen LogP contribution < -0.4 is 29.1 Å². The van der Waals surface area contributed by atoms with Gasteiger partial charge in [0.05, 0.1) is 39.2 Å². The van der Waals surface area contributed by atoms with E-state index in [0.29, 0.717) is 47.0 Å². The molecule has 2 aromatic carbocycles. The van der Waals surface area contributed by atoms with E-state index >= 15 is 0 Å². The first-order chi connectivity index (χ1) is 19.5. The number of para-hydroxylation sites is 1. The van der Waals surface area contributed by atoms with Crippen LogP contribution >= 0.6 is 33.9 Å². The van der Waals surface area contributed by atoms with E-state index in [9.17, 15) is 14.4 Å². The molecule has 0 spiro atoms. The maximum absolute atomic E-state index is 14.0. The lowest BCUT2D eigenvalue weighted by Crippen LogP contribution is -2.40. The van der Waals surface area contributed by atoms with Gasteiger partial charge >= 0.3 is 11.9 Å². The highest BCUT2D eigenvalue weighted by Crippen LogP contribution is 2.37. The van der Waals surface area contributed by atoms with Gasteiger partial charge in [0.2, 0.25) is 0 Å². The van der Waals surface area contributed by atoms with E-state index in [-0.39, 0.29) is 23.8 Å². The molecule has 1 aliphatic heterocycles. The molecule has 3 aromatic rings. The van der Waals surface area contributed by atoms with E-state index in [1.165, 1.54) is 23.0 Å². The van der Waals surface area contributed by atoms with Crippen LogP contribution in [0.25, 0.3) is 6.08 Å². The van der Waals surface area contributed by atoms with Crippen molar-refractivity contribution in [3.05, 3.63) is 82.1 Å². The number of methoxy groups -OCH3 is 1. The fourth-order valence-electron chi connectivity index (χ4n) is 4.40. The zero-order valence-corrected chi connectivity index (χ0v) is 26.1. The summed E-state index contributed by atoms with van der Waals surface area (Å²) in [7, 11) is 1.45. The third-order valence-electron chi connectivity index (χ3n) is 5.98. The average Bonchev–Trinajstić information content (AvgIpc) is 3.21. The van der Waals surface area contributed by atoms with E-state index in [4.69, 9.17) is 24.1 Å². The second-order valence-corrected chi connectivity index (χ2v) is 11.4. The number of carbonyl (C=O) groups is 2. The predicted molar refractivity (Wildman–Crippen MR) is 161 cm³/mol. The molecule has 0 bridgehead atoms. The first kappa shape index (κ1) is 30.3. The van der Waals surface area contributed by atoms with Gasteiger partial charge in [-0.2, -0.15) is 0 Å². The van der Waals surface area contributed by atoms with Crippen molar-refractivity contribution < 1.29 is 33.6 Å². The number of ether oxygens (including phenoxy) is 4. The van der Waals surface area contributed by atoms with Crippen LogP contribution in [-0.4, -0.2) is 48.0 Å². The largest absolute Gasteiger partial charge is 0.493 e. The smallest absolute Gasteiger partial charge is 0.341 e. The maximum Gasteiger partial charge on any atom is 0.341 e. The van der Waals surface area contributed by atoms with E-state index in [1.54, 1.807) is 32.1 Å². The van der Waals surface area contributed by atoms with Gasteiger partial charge in [-0.25, -0.2) is 14.6 Å². The van der Waals surface area contributed by atoms with Gasteiger partial charge in [0.15, 0.2) is 22.9 Å². The standard InChI is InChI=1S/C29H29IN2O8S/c1-6-38-28(36)24-16(4)31-29-32(25(24)18-9-7-8-10-20(18)40-15(2)3)27(35)22(41-29)13-17-11-19(30)26(21(12-17)37-5)39-14-23(33)34/h7-13,15,25H,6,14H2,1-5H3,(H,33,34)/b22-13+/t25-/m0/s1. The summed E-state index contributed by atoms with van der Waals surface area (Å²) in [4.78, 5) is 43.3. The Hall–Kier alpha value is -3.65. The van der Waals surface area contributed by atoms with E-state index in [1.807, 2.05) is 60.7 Å². The molecule has 1 aliphatic rings. The van der Waals surface area contributed by atoms with Crippen molar-refractivity contribution in [1.82, 2.24) is 4.57 Å². The molecular formula is C29H29IN2O8S. The molecule has 0 saturated carbocycles. The number of allylic oxidation sites excluding steroid dienone is 1. The van der Waals surface area contributed by atoms with Crippen LogP contribution in [0.1, 0.15) is 44.9 Å². The van der Waals surface area contributed by atoms with E-state index < -0.39 is 24.6 Å². The highest BCUT2D eigenvalue weighted by Gasteiger charge is 2.35. The number of nitrogens with zero attached hydrogens (tertiary/aromatic N) is 2. The quantitative estimate of drug-likeness (QED) is 0.252. The van der Waals surface area contributed by atoms with Crippen LogP contribution in [0.4, 0.5) is 0 Å². The summed E-state index contributed by atoms with van der Waals surface area (Å²) in [5, 5.41) is 9.00. The van der Waals surface area contributed by atoms with Crippen LogP contribution in [0, 0.1) is 3.57 Å². The lowest BCUT2D eigenvalue weighted by Gasteiger charge is -2.26. The van der Waals surface area contributed by atoms with Crippen LogP contribution in [0.3, 0.4) is 0 Å². The number of rotatable bonds is 10. The summed E-state index contributed by atoms with van der Waals surface area (Å²) in [6, 6.07) is 9.92. The highest BCUT2D eigenvalue weighted by atomic mass is 127.